The highest BCUT2D eigenvalue weighted by atomic mass is 35.5. The van der Waals surface area contributed by atoms with E-state index in [4.69, 9.17) is 23.2 Å². The Labute approximate surface area is 124 Å². The lowest BCUT2D eigenvalue weighted by atomic mass is 9.94. The third kappa shape index (κ3) is 2.48. The van der Waals surface area contributed by atoms with Gasteiger partial charge < -0.3 is 4.57 Å². The largest absolute Gasteiger partial charge is 0.321 e. The maximum atomic E-state index is 6.32. The topological polar surface area (TPSA) is 17.8 Å². The lowest BCUT2D eigenvalue weighted by Crippen LogP contribution is -2.30. The molecule has 0 amide bonds. The Morgan fingerprint density at radius 1 is 1.32 bits per heavy atom. The van der Waals surface area contributed by atoms with Crippen LogP contribution in [-0.2, 0) is 5.54 Å². The highest BCUT2D eigenvalue weighted by molar-refractivity contribution is 6.31. The second-order valence-corrected chi connectivity index (χ2v) is 6.35. The van der Waals surface area contributed by atoms with Crippen molar-refractivity contribution in [1.29, 1.82) is 0 Å². The zero-order valence-corrected chi connectivity index (χ0v) is 13.4. The summed E-state index contributed by atoms with van der Waals surface area (Å²) in [6.45, 7) is 8.62. The summed E-state index contributed by atoms with van der Waals surface area (Å²) in [4.78, 5) is 4.68. The van der Waals surface area contributed by atoms with E-state index in [2.05, 4.69) is 30.3 Å². The molecule has 0 N–H and O–H groups in total. The highest BCUT2D eigenvalue weighted by Crippen LogP contribution is 2.35. The molecule has 1 unspecified atom stereocenters. The van der Waals surface area contributed by atoms with Crippen LogP contribution in [0.3, 0.4) is 0 Å². The van der Waals surface area contributed by atoms with Crippen LogP contribution in [0.4, 0.5) is 0 Å². The number of halogens is 2. The van der Waals surface area contributed by atoms with Crippen molar-refractivity contribution in [2.24, 2.45) is 0 Å². The van der Waals surface area contributed by atoms with Crippen molar-refractivity contribution in [1.82, 2.24) is 9.55 Å². The molecule has 1 aromatic carbocycles. The van der Waals surface area contributed by atoms with Gasteiger partial charge in [0.2, 0.25) is 0 Å². The normalized spacial score (nSPS) is 14.0. The fourth-order valence-electron chi connectivity index (χ4n) is 2.47. The van der Waals surface area contributed by atoms with Crippen LogP contribution in [0.15, 0.2) is 18.2 Å². The van der Waals surface area contributed by atoms with E-state index in [0.29, 0.717) is 5.02 Å². The molecule has 0 aliphatic carbocycles. The van der Waals surface area contributed by atoms with Crippen molar-refractivity contribution >= 4 is 34.2 Å². The molecule has 19 heavy (non-hydrogen) atoms. The Bertz CT molecular complexity index is 583. The summed E-state index contributed by atoms with van der Waals surface area (Å²) in [5.74, 6) is 0.921. The molecule has 0 spiro atoms. The standard InChI is InChI=1S/C15H20Cl2N2/c1-5-15(4,6-2)19-13-8-7-11(17)9-12(13)18-14(19)10(3)16/h7-10H,5-6H2,1-4H3. The first-order valence-electron chi connectivity index (χ1n) is 6.75. The van der Waals surface area contributed by atoms with E-state index in [1.807, 2.05) is 25.1 Å². The predicted molar refractivity (Wildman–Crippen MR) is 83.2 cm³/mol. The van der Waals surface area contributed by atoms with E-state index in [1.54, 1.807) is 0 Å². The maximum absolute atomic E-state index is 6.32. The number of hydrogen-bond donors (Lipinski definition) is 0. The van der Waals surface area contributed by atoms with Gasteiger partial charge in [0.1, 0.15) is 5.82 Å². The Balaban J connectivity index is 2.79. The van der Waals surface area contributed by atoms with E-state index in [1.165, 1.54) is 0 Å². The zero-order valence-electron chi connectivity index (χ0n) is 11.9. The molecule has 2 rings (SSSR count). The lowest BCUT2D eigenvalue weighted by molar-refractivity contribution is 0.293. The fraction of sp³-hybridized carbons (Fsp3) is 0.533. The molecule has 104 valence electrons. The Hall–Kier alpha value is -0.730. The van der Waals surface area contributed by atoms with Gasteiger partial charge >= 0.3 is 0 Å². The molecule has 0 saturated heterocycles. The fourth-order valence-corrected chi connectivity index (χ4v) is 2.79. The number of imidazole rings is 1. The van der Waals surface area contributed by atoms with Crippen LogP contribution >= 0.6 is 23.2 Å². The molecule has 1 aromatic heterocycles. The van der Waals surface area contributed by atoms with Crippen LogP contribution in [0.2, 0.25) is 5.02 Å². The smallest absolute Gasteiger partial charge is 0.128 e. The van der Waals surface area contributed by atoms with Crippen molar-refractivity contribution in [3.05, 3.63) is 29.0 Å². The van der Waals surface area contributed by atoms with Gasteiger partial charge in [-0.05, 0) is 44.9 Å². The van der Waals surface area contributed by atoms with Crippen molar-refractivity contribution in [3.8, 4) is 0 Å². The molecule has 2 nitrogen and oxygen atoms in total. The summed E-state index contributed by atoms with van der Waals surface area (Å²) in [6.07, 6.45) is 2.07. The minimum absolute atomic E-state index is 0.0288. The molecular formula is C15H20Cl2N2. The van der Waals surface area contributed by atoms with Gasteiger partial charge in [-0.25, -0.2) is 4.98 Å². The van der Waals surface area contributed by atoms with E-state index in [9.17, 15) is 0 Å². The van der Waals surface area contributed by atoms with Crippen molar-refractivity contribution in [3.63, 3.8) is 0 Å². The Morgan fingerprint density at radius 2 is 1.95 bits per heavy atom. The molecule has 0 saturated carbocycles. The number of rotatable bonds is 4. The third-order valence-corrected chi connectivity index (χ3v) is 4.49. The summed E-state index contributed by atoms with van der Waals surface area (Å²) in [6, 6.07) is 5.86. The number of hydrogen-bond acceptors (Lipinski definition) is 1. The SMILES string of the molecule is CCC(C)(CC)n1c(C(C)Cl)nc2cc(Cl)ccc21. The maximum Gasteiger partial charge on any atom is 0.128 e. The van der Waals surface area contributed by atoms with Crippen molar-refractivity contribution in [2.75, 3.05) is 0 Å². The number of fused-ring (bicyclic) bond motifs is 1. The average molecular weight is 299 g/mol. The van der Waals surface area contributed by atoms with Crippen LogP contribution < -0.4 is 0 Å². The van der Waals surface area contributed by atoms with Gasteiger partial charge in [0.05, 0.1) is 16.4 Å². The van der Waals surface area contributed by atoms with Crippen molar-refractivity contribution < 1.29 is 0 Å². The van der Waals surface area contributed by atoms with Crippen LogP contribution in [0.1, 0.15) is 51.7 Å². The van der Waals surface area contributed by atoms with Gasteiger partial charge in [0.15, 0.2) is 0 Å². The summed E-state index contributed by atoms with van der Waals surface area (Å²) < 4.78 is 2.29. The summed E-state index contributed by atoms with van der Waals surface area (Å²) in [7, 11) is 0. The highest BCUT2D eigenvalue weighted by Gasteiger charge is 2.28. The van der Waals surface area contributed by atoms with Gasteiger partial charge in [-0.1, -0.05) is 25.4 Å². The van der Waals surface area contributed by atoms with Crippen LogP contribution in [0.5, 0.6) is 0 Å². The van der Waals surface area contributed by atoms with Gasteiger partial charge in [-0.15, -0.1) is 11.6 Å². The molecule has 2 aromatic rings. The number of aromatic nitrogens is 2. The molecule has 0 radical (unpaired) electrons. The third-order valence-electron chi connectivity index (χ3n) is 4.06. The van der Waals surface area contributed by atoms with E-state index >= 15 is 0 Å². The van der Waals surface area contributed by atoms with E-state index in [-0.39, 0.29) is 10.9 Å². The lowest BCUT2D eigenvalue weighted by Gasteiger charge is -2.32. The first-order valence-corrected chi connectivity index (χ1v) is 7.57. The molecular weight excluding hydrogens is 279 g/mol. The summed E-state index contributed by atoms with van der Waals surface area (Å²) in [5.41, 5.74) is 2.06. The van der Waals surface area contributed by atoms with E-state index in [0.717, 1.165) is 29.7 Å². The quantitative estimate of drug-likeness (QED) is 0.679. The molecule has 1 heterocycles. The van der Waals surface area contributed by atoms with Gasteiger partial charge in [-0.3, -0.25) is 0 Å². The Morgan fingerprint density at radius 3 is 2.47 bits per heavy atom. The molecule has 0 aliphatic heterocycles. The minimum atomic E-state index is -0.122. The van der Waals surface area contributed by atoms with Crippen LogP contribution in [-0.4, -0.2) is 9.55 Å². The van der Waals surface area contributed by atoms with E-state index < -0.39 is 0 Å². The molecule has 0 aliphatic rings. The van der Waals surface area contributed by atoms with Crippen LogP contribution in [0, 0.1) is 0 Å². The summed E-state index contributed by atoms with van der Waals surface area (Å²) >= 11 is 12.4. The molecule has 1 atom stereocenters. The second-order valence-electron chi connectivity index (χ2n) is 5.26. The average Bonchev–Trinajstić information content (AvgIpc) is 2.77. The molecule has 4 heteroatoms. The number of alkyl halides is 1. The molecule has 0 bridgehead atoms. The second kappa shape index (κ2) is 5.34. The predicted octanol–water partition coefficient (Wildman–Crippen LogP) is 5.52. The molecule has 0 fully saturated rings. The monoisotopic (exact) mass is 298 g/mol. The Kier molecular flexibility index (Phi) is 4.12. The van der Waals surface area contributed by atoms with Crippen LogP contribution in [0.25, 0.3) is 11.0 Å². The van der Waals surface area contributed by atoms with Gasteiger partial charge in [0, 0.05) is 10.6 Å². The summed E-state index contributed by atoms with van der Waals surface area (Å²) in [5, 5.41) is 0.587. The van der Waals surface area contributed by atoms with Crippen molar-refractivity contribution in [2.45, 2.75) is 51.5 Å². The first kappa shape index (κ1) is 14.7. The van der Waals surface area contributed by atoms with Gasteiger partial charge in [0.25, 0.3) is 0 Å². The first-order chi connectivity index (χ1) is 8.92. The zero-order chi connectivity index (χ0) is 14.2. The minimum Gasteiger partial charge on any atom is -0.321 e. The van der Waals surface area contributed by atoms with Gasteiger partial charge in [-0.2, -0.15) is 0 Å². The number of benzene rings is 1. The number of nitrogens with zero attached hydrogens (tertiary/aromatic N) is 2.